The van der Waals surface area contributed by atoms with E-state index in [1.807, 2.05) is 12.1 Å². The zero-order valence-corrected chi connectivity index (χ0v) is 15.6. The van der Waals surface area contributed by atoms with Crippen molar-refractivity contribution in [2.45, 2.75) is 12.8 Å². The van der Waals surface area contributed by atoms with E-state index in [4.69, 9.17) is 9.47 Å². The second-order valence-corrected chi connectivity index (χ2v) is 6.67. The van der Waals surface area contributed by atoms with E-state index >= 15 is 0 Å². The number of halogens is 3. The molecule has 0 saturated heterocycles. The fourth-order valence-electron chi connectivity index (χ4n) is 2.49. The fraction of sp³-hybridized carbons (Fsp3) is 0.150. The fourth-order valence-corrected chi connectivity index (χ4v) is 3.28. The molecule has 0 atom stereocenters. The molecule has 1 amide bonds. The van der Waals surface area contributed by atoms with E-state index < -0.39 is 17.6 Å². The summed E-state index contributed by atoms with van der Waals surface area (Å²) >= 11 is 1.13. The number of para-hydroxylation sites is 3. The molecule has 0 aliphatic carbocycles. The maximum absolute atomic E-state index is 13.1. The number of ether oxygens (including phenoxy) is 2. The van der Waals surface area contributed by atoms with Gasteiger partial charge in [0.15, 0.2) is 11.5 Å². The topological polar surface area (TPSA) is 47.6 Å². The van der Waals surface area contributed by atoms with Crippen molar-refractivity contribution in [1.82, 2.24) is 0 Å². The number of hydrogen-bond donors (Lipinski definition) is 1. The number of nitrogens with one attached hydrogen (secondary N) is 1. The van der Waals surface area contributed by atoms with Crippen LogP contribution >= 0.6 is 11.3 Å². The summed E-state index contributed by atoms with van der Waals surface area (Å²) in [6.07, 6.45) is -4.55. The smallest absolute Gasteiger partial charge is 0.418 e. The Morgan fingerprint density at radius 2 is 1.75 bits per heavy atom. The minimum atomic E-state index is -4.55. The summed E-state index contributed by atoms with van der Waals surface area (Å²) in [4.78, 5) is 12.6. The van der Waals surface area contributed by atoms with Gasteiger partial charge < -0.3 is 14.8 Å². The molecule has 0 fully saturated rings. The number of carbonyl (C=O) groups is 1. The molecule has 28 heavy (non-hydrogen) atoms. The molecular weight excluding hydrogens is 391 g/mol. The Kier molecular flexibility index (Phi) is 5.89. The molecule has 8 heteroatoms. The number of anilines is 1. The van der Waals surface area contributed by atoms with E-state index in [9.17, 15) is 18.0 Å². The summed E-state index contributed by atoms with van der Waals surface area (Å²) < 4.78 is 50.1. The van der Waals surface area contributed by atoms with Gasteiger partial charge in [-0.05, 0) is 35.7 Å². The van der Waals surface area contributed by atoms with Gasteiger partial charge in [-0.2, -0.15) is 13.2 Å². The molecule has 146 valence electrons. The molecular formula is C20H16F3NO3S. The number of benzene rings is 2. The zero-order valence-electron chi connectivity index (χ0n) is 14.7. The molecule has 0 unspecified atom stereocenters. The number of hydrogen-bond acceptors (Lipinski definition) is 4. The first-order valence-electron chi connectivity index (χ1n) is 8.19. The lowest BCUT2D eigenvalue weighted by molar-refractivity contribution is -0.136. The van der Waals surface area contributed by atoms with Gasteiger partial charge >= 0.3 is 6.18 Å². The van der Waals surface area contributed by atoms with Gasteiger partial charge in [-0.1, -0.05) is 24.3 Å². The Morgan fingerprint density at radius 1 is 1.07 bits per heavy atom. The molecule has 0 saturated carbocycles. The number of alkyl halides is 3. The minimum absolute atomic E-state index is 0.198. The third-order valence-corrected chi connectivity index (χ3v) is 4.80. The standard InChI is InChI=1S/C20H16F3NO3S/c1-26-16-8-4-5-9-17(16)27-11-13-10-18(28-12-13)19(25)24-15-7-3-2-6-14(15)20(21,22)23/h2-10,12H,11H2,1H3,(H,24,25). The first-order valence-corrected chi connectivity index (χ1v) is 9.07. The number of carbonyl (C=O) groups excluding carboxylic acids is 1. The highest BCUT2D eigenvalue weighted by molar-refractivity contribution is 7.12. The lowest BCUT2D eigenvalue weighted by Crippen LogP contribution is -2.15. The van der Waals surface area contributed by atoms with Gasteiger partial charge in [-0.3, -0.25) is 4.79 Å². The second kappa shape index (κ2) is 8.35. The molecule has 1 N–H and O–H groups in total. The summed E-state index contributed by atoms with van der Waals surface area (Å²) in [6.45, 7) is 0.198. The molecule has 2 aromatic carbocycles. The summed E-state index contributed by atoms with van der Waals surface area (Å²) in [5.74, 6) is 0.533. The van der Waals surface area contributed by atoms with Gasteiger partial charge in [0.1, 0.15) is 6.61 Å². The highest BCUT2D eigenvalue weighted by Crippen LogP contribution is 2.35. The summed E-state index contributed by atoms with van der Waals surface area (Å²) in [6, 6.07) is 13.6. The van der Waals surface area contributed by atoms with Crippen molar-refractivity contribution in [1.29, 1.82) is 0 Å². The molecule has 0 spiro atoms. The van der Waals surface area contributed by atoms with Crippen LogP contribution in [0.2, 0.25) is 0 Å². The Morgan fingerprint density at radius 3 is 2.46 bits per heavy atom. The number of thiophene rings is 1. The van der Waals surface area contributed by atoms with Crippen molar-refractivity contribution < 1.29 is 27.4 Å². The maximum Gasteiger partial charge on any atom is 0.418 e. The highest BCUT2D eigenvalue weighted by Gasteiger charge is 2.33. The lowest BCUT2D eigenvalue weighted by Gasteiger charge is -2.12. The first-order chi connectivity index (χ1) is 13.4. The predicted molar refractivity (Wildman–Crippen MR) is 101 cm³/mol. The lowest BCUT2D eigenvalue weighted by atomic mass is 10.1. The minimum Gasteiger partial charge on any atom is -0.493 e. The van der Waals surface area contributed by atoms with Crippen LogP contribution < -0.4 is 14.8 Å². The van der Waals surface area contributed by atoms with Crippen LogP contribution in [-0.4, -0.2) is 13.0 Å². The summed E-state index contributed by atoms with van der Waals surface area (Å²) in [5.41, 5.74) is -0.440. The van der Waals surface area contributed by atoms with Crippen molar-refractivity contribution >= 4 is 22.9 Å². The zero-order chi connectivity index (χ0) is 20.1. The Hall–Kier alpha value is -3.00. The van der Waals surface area contributed by atoms with Gasteiger partial charge in [0.25, 0.3) is 5.91 Å². The molecule has 0 bridgehead atoms. The van der Waals surface area contributed by atoms with Crippen LogP contribution in [0.25, 0.3) is 0 Å². The van der Waals surface area contributed by atoms with Gasteiger partial charge in [-0.25, -0.2) is 0 Å². The van der Waals surface area contributed by atoms with Gasteiger partial charge in [-0.15, -0.1) is 11.3 Å². The Bertz CT molecular complexity index is 969. The van der Waals surface area contributed by atoms with Crippen LogP contribution in [0.4, 0.5) is 18.9 Å². The monoisotopic (exact) mass is 407 g/mol. The van der Waals surface area contributed by atoms with Crippen molar-refractivity contribution in [3.05, 3.63) is 76.0 Å². The average Bonchev–Trinajstić information content (AvgIpc) is 3.15. The number of amides is 1. The van der Waals surface area contributed by atoms with Crippen molar-refractivity contribution in [2.75, 3.05) is 12.4 Å². The normalized spacial score (nSPS) is 11.1. The van der Waals surface area contributed by atoms with Gasteiger partial charge in [0.05, 0.1) is 23.2 Å². The predicted octanol–water partition coefficient (Wildman–Crippen LogP) is 5.61. The first kappa shape index (κ1) is 19.8. The second-order valence-electron chi connectivity index (χ2n) is 5.76. The van der Waals surface area contributed by atoms with E-state index in [1.165, 1.54) is 25.3 Å². The highest BCUT2D eigenvalue weighted by atomic mass is 32.1. The summed E-state index contributed by atoms with van der Waals surface area (Å²) in [7, 11) is 1.54. The molecule has 0 aliphatic heterocycles. The molecule has 3 rings (SSSR count). The van der Waals surface area contributed by atoms with Crippen LogP contribution in [0.15, 0.2) is 60.0 Å². The third kappa shape index (κ3) is 4.64. The molecule has 1 aromatic heterocycles. The van der Waals surface area contributed by atoms with E-state index in [-0.39, 0.29) is 17.2 Å². The Labute approximate surface area is 163 Å². The van der Waals surface area contributed by atoms with Crippen LogP contribution in [0, 0.1) is 0 Å². The molecule has 3 aromatic rings. The van der Waals surface area contributed by atoms with E-state index in [2.05, 4.69) is 5.32 Å². The van der Waals surface area contributed by atoms with Crippen LogP contribution in [0.1, 0.15) is 20.8 Å². The van der Waals surface area contributed by atoms with E-state index in [0.29, 0.717) is 11.5 Å². The molecule has 1 heterocycles. The number of rotatable bonds is 6. The quantitative estimate of drug-likeness (QED) is 0.578. The Balaban J connectivity index is 1.68. The third-order valence-electron chi connectivity index (χ3n) is 3.82. The summed E-state index contributed by atoms with van der Waals surface area (Å²) in [5, 5.41) is 4.05. The van der Waals surface area contributed by atoms with Crippen molar-refractivity contribution in [3.8, 4) is 11.5 Å². The van der Waals surface area contributed by atoms with Crippen molar-refractivity contribution in [3.63, 3.8) is 0 Å². The molecule has 0 aliphatic rings. The van der Waals surface area contributed by atoms with E-state index in [1.54, 1.807) is 23.6 Å². The van der Waals surface area contributed by atoms with Crippen LogP contribution in [0.5, 0.6) is 11.5 Å². The van der Waals surface area contributed by atoms with Crippen LogP contribution in [0.3, 0.4) is 0 Å². The van der Waals surface area contributed by atoms with Gasteiger partial charge in [0, 0.05) is 5.56 Å². The van der Waals surface area contributed by atoms with Crippen LogP contribution in [-0.2, 0) is 12.8 Å². The largest absolute Gasteiger partial charge is 0.493 e. The van der Waals surface area contributed by atoms with E-state index in [0.717, 1.165) is 23.0 Å². The SMILES string of the molecule is COc1ccccc1OCc1csc(C(=O)Nc2ccccc2C(F)(F)F)c1. The average molecular weight is 407 g/mol. The van der Waals surface area contributed by atoms with Gasteiger partial charge in [0.2, 0.25) is 0 Å². The molecule has 0 radical (unpaired) electrons. The number of methoxy groups -OCH3 is 1. The maximum atomic E-state index is 13.1. The van der Waals surface area contributed by atoms with Crippen molar-refractivity contribution in [2.24, 2.45) is 0 Å². The molecule has 4 nitrogen and oxygen atoms in total.